The van der Waals surface area contributed by atoms with E-state index in [9.17, 15) is 4.79 Å². The number of hydrogen-bond donors (Lipinski definition) is 1. The molecule has 1 saturated carbocycles. The fraction of sp³-hybridized carbons (Fsp3) is 0.263. The minimum absolute atomic E-state index is 0.0210. The Bertz CT molecular complexity index is 952. The van der Waals surface area contributed by atoms with Gasteiger partial charge in [0.2, 0.25) is 11.8 Å². The highest BCUT2D eigenvalue weighted by molar-refractivity contribution is 5.98. The molecule has 1 aliphatic carbocycles. The SMILES string of the molecule is COc1ncc(-c2ccccc2)c2ncc(NC(=O)C3(C)CC3)nc12. The lowest BCUT2D eigenvalue weighted by Gasteiger charge is -2.12. The number of aromatic nitrogens is 3. The Hall–Kier alpha value is -3.02. The molecule has 6 heteroatoms. The summed E-state index contributed by atoms with van der Waals surface area (Å²) in [6, 6.07) is 9.87. The zero-order chi connectivity index (χ0) is 17.4. The molecule has 6 nitrogen and oxygen atoms in total. The first-order valence-electron chi connectivity index (χ1n) is 8.17. The number of methoxy groups -OCH3 is 1. The van der Waals surface area contributed by atoms with Crippen molar-refractivity contribution in [3.05, 3.63) is 42.7 Å². The number of nitrogens with zero attached hydrogens (tertiary/aromatic N) is 3. The molecular formula is C19H18N4O2. The summed E-state index contributed by atoms with van der Waals surface area (Å²) in [7, 11) is 1.54. The average molecular weight is 334 g/mol. The third-order valence-corrected chi connectivity index (χ3v) is 4.61. The van der Waals surface area contributed by atoms with Gasteiger partial charge in [0, 0.05) is 17.2 Å². The number of carbonyl (C=O) groups excluding carboxylic acids is 1. The van der Waals surface area contributed by atoms with Crippen molar-refractivity contribution in [1.29, 1.82) is 0 Å². The van der Waals surface area contributed by atoms with Gasteiger partial charge in [-0.05, 0) is 18.4 Å². The molecule has 0 bridgehead atoms. The van der Waals surface area contributed by atoms with Gasteiger partial charge in [-0.15, -0.1) is 0 Å². The molecule has 1 aromatic carbocycles. The summed E-state index contributed by atoms with van der Waals surface area (Å²) in [5.74, 6) is 0.777. The van der Waals surface area contributed by atoms with Crippen LogP contribution in [0.4, 0.5) is 5.82 Å². The van der Waals surface area contributed by atoms with Crippen molar-refractivity contribution in [3.8, 4) is 17.0 Å². The Morgan fingerprint density at radius 1 is 1.12 bits per heavy atom. The van der Waals surface area contributed by atoms with E-state index in [-0.39, 0.29) is 11.3 Å². The largest absolute Gasteiger partial charge is 0.479 e. The maximum atomic E-state index is 12.2. The lowest BCUT2D eigenvalue weighted by molar-refractivity contribution is -0.120. The Balaban J connectivity index is 1.79. The molecule has 4 rings (SSSR count). The minimum atomic E-state index is -0.273. The first kappa shape index (κ1) is 15.5. The van der Waals surface area contributed by atoms with E-state index in [2.05, 4.69) is 20.3 Å². The molecule has 0 radical (unpaired) electrons. The molecule has 0 atom stereocenters. The summed E-state index contributed by atoms with van der Waals surface area (Å²) in [4.78, 5) is 25.7. The fourth-order valence-electron chi connectivity index (χ4n) is 2.70. The standard InChI is InChI=1S/C19H18N4O2/c1-19(8-9-19)18(24)23-14-11-20-15-13(12-6-4-3-5-7-12)10-21-17(25-2)16(15)22-14/h3-7,10-11H,8-9H2,1-2H3,(H,22,23,24). The third-order valence-electron chi connectivity index (χ3n) is 4.61. The van der Waals surface area contributed by atoms with Crippen molar-refractivity contribution in [3.63, 3.8) is 0 Å². The van der Waals surface area contributed by atoms with Gasteiger partial charge in [0.15, 0.2) is 11.3 Å². The number of nitrogens with one attached hydrogen (secondary N) is 1. The molecule has 2 heterocycles. The Kier molecular flexibility index (Phi) is 3.60. The maximum absolute atomic E-state index is 12.2. The van der Waals surface area contributed by atoms with Crippen molar-refractivity contribution in [2.75, 3.05) is 12.4 Å². The summed E-state index contributed by atoms with van der Waals surface area (Å²) in [6.07, 6.45) is 5.12. The quantitative estimate of drug-likeness (QED) is 0.791. The van der Waals surface area contributed by atoms with E-state index >= 15 is 0 Å². The van der Waals surface area contributed by atoms with Gasteiger partial charge in [0.25, 0.3) is 0 Å². The van der Waals surface area contributed by atoms with Gasteiger partial charge in [0.05, 0.1) is 13.3 Å². The Morgan fingerprint density at radius 3 is 2.56 bits per heavy atom. The molecule has 1 N–H and O–H groups in total. The maximum Gasteiger partial charge on any atom is 0.242 e. The van der Waals surface area contributed by atoms with Crippen LogP contribution in [0.15, 0.2) is 42.7 Å². The number of benzene rings is 1. The summed E-state index contributed by atoms with van der Waals surface area (Å²) in [6.45, 7) is 1.95. The van der Waals surface area contributed by atoms with Gasteiger partial charge in [-0.2, -0.15) is 0 Å². The van der Waals surface area contributed by atoms with Crippen LogP contribution in [-0.4, -0.2) is 28.0 Å². The molecule has 2 aromatic heterocycles. The molecule has 1 amide bonds. The van der Waals surface area contributed by atoms with Crippen LogP contribution >= 0.6 is 0 Å². The number of ether oxygens (including phenoxy) is 1. The number of carbonyl (C=O) groups is 1. The second-order valence-corrected chi connectivity index (χ2v) is 6.51. The van der Waals surface area contributed by atoms with Crippen LogP contribution in [-0.2, 0) is 4.79 Å². The van der Waals surface area contributed by atoms with Crippen LogP contribution in [0.5, 0.6) is 5.88 Å². The lowest BCUT2D eigenvalue weighted by Crippen LogP contribution is -2.22. The van der Waals surface area contributed by atoms with Gasteiger partial charge in [-0.3, -0.25) is 4.79 Å². The zero-order valence-corrected chi connectivity index (χ0v) is 14.1. The highest BCUT2D eigenvalue weighted by Crippen LogP contribution is 2.45. The van der Waals surface area contributed by atoms with E-state index in [1.54, 1.807) is 19.5 Å². The molecule has 0 unspecified atom stereocenters. The highest BCUT2D eigenvalue weighted by Gasteiger charge is 2.45. The van der Waals surface area contributed by atoms with Crippen LogP contribution in [0, 0.1) is 5.41 Å². The van der Waals surface area contributed by atoms with Crippen LogP contribution in [0.3, 0.4) is 0 Å². The monoisotopic (exact) mass is 334 g/mol. The number of hydrogen-bond acceptors (Lipinski definition) is 5. The molecule has 0 saturated heterocycles. The van der Waals surface area contributed by atoms with Crippen LogP contribution in [0.2, 0.25) is 0 Å². The van der Waals surface area contributed by atoms with E-state index in [1.807, 2.05) is 37.3 Å². The first-order valence-corrected chi connectivity index (χ1v) is 8.17. The second-order valence-electron chi connectivity index (χ2n) is 6.51. The number of fused-ring (bicyclic) bond motifs is 1. The van der Waals surface area contributed by atoms with Gasteiger partial charge in [-0.25, -0.2) is 15.0 Å². The van der Waals surface area contributed by atoms with Gasteiger partial charge >= 0.3 is 0 Å². The molecule has 1 aliphatic rings. The smallest absolute Gasteiger partial charge is 0.242 e. The number of amides is 1. The van der Waals surface area contributed by atoms with E-state index in [0.717, 1.165) is 24.0 Å². The highest BCUT2D eigenvalue weighted by atomic mass is 16.5. The molecule has 25 heavy (non-hydrogen) atoms. The van der Waals surface area contributed by atoms with Crippen LogP contribution in [0.25, 0.3) is 22.2 Å². The van der Waals surface area contributed by atoms with Crippen molar-refractivity contribution in [2.24, 2.45) is 5.41 Å². The second kappa shape index (κ2) is 5.81. The molecular weight excluding hydrogens is 316 g/mol. The van der Waals surface area contributed by atoms with Gasteiger partial charge in [-0.1, -0.05) is 37.3 Å². The molecule has 0 aliphatic heterocycles. The van der Waals surface area contributed by atoms with E-state index in [4.69, 9.17) is 4.74 Å². The van der Waals surface area contributed by atoms with Crippen molar-refractivity contribution < 1.29 is 9.53 Å². The lowest BCUT2D eigenvalue weighted by atomic mass is 10.1. The number of anilines is 1. The topological polar surface area (TPSA) is 77.0 Å². The summed E-state index contributed by atoms with van der Waals surface area (Å²) in [5, 5.41) is 2.85. The minimum Gasteiger partial charge on any atom is -0.479 e. The predicted octanol–water partition coefficient (Wildman–Crippen LogP) is 3.44. The van der Waals surface area contributed by atoms with Gasteiger partial charge in [0.1, 0.15) is 5.52 Å². The number of rotatable bonds is 4. The van der Waals surface area contributed by atoms with Crippen molar-refractivity contribution in [2.45, 2.75) is 19.8 Å². The number of pyridine rings is 1. The molecule has 0 spiro atoms. The molecule has 126 valence electrons. The van der Waals surface area contributed by atoms with Crippen LogP contribution in [0.1, 0.15) is 19.8 Å². The first-order chi connectivity index (χ1) is 12.1. The summed E-state index contributed by atoms with van der Waals surface area (Å²) >= 11 is 0. The Morgan fingerprint density at radius 2 is 1.88 bits per heavy atom. The van der Waals surface area contributed by atoms with Crippen molar-refractivity contribution >= 4 is 22.8 Å². The average Bonchev–Trinajstić information content (AvgIpc) is 3.40. The van der Waals surface area contributed by atoms with E-state index in [1.165, 1.54) is 0 Å². The molecule has 1 fully saturated rings. The predicted molar refractivity (Wildman–Crippen MR) is 95.3 cm³/mol. The Labute approximate surface area is 145 Å². The summed E-state index contributed by atoms with van der Waals surface area (Å²) < 4.78 is 5.33. The van der Waals surface area contributed by atoms with E-state index in [0.29, 0.717) is 22.7 Å². The third kappa shape index (κ3) is 2.80. The normalized spacial score (nSPS) is 15.0. The van der Waals surface area contributed by atoms with Crippen molar-refractivity contribution in [1.82, 2.24) is 15.0 Å². The van der Waals surface area contributed by atoms with Gasteiger partial charge < -0.3 is 10.1 Å². The fourth-order valence-corrected chi connectivity index (χ4v) is 2.70. The van der Waals surface area contributed by atoms with E-state index < -0.39 is 0 Å². The molecule has 3 aromatic rings. The summed E-state index contributed by atoms with van der Waals surface area (Å²) in [5.41, 5.74) is 2.82. The zero-order valence-electron chi connectivity index (χ0n) is 14.1. The van der Waals surface area contributed by atoms with Crippen LogP contribution < -0.4 is 10.1 Å².